The van der Waals surface area contributed by atoms with E-state index >= 15 is 0 Å². The average molecular weight is 278 g/mol. The topological polar surface area (TPSA) is 26.3 Å². The molecule has 0 N–H and O–H groups in total. The van der Waals surface area contributed by atoms with Gasteiger partial charge in [-0.2, -0.15) is 0 Å². The molecule has 0 aliphatic carbocycles. The second-order valence-electron chi connectivity index (χ2n) is 4.06. The van der Waals surface area contributed by atoms with Crippen molar-refractivity contribution < 1.29 is 9.53 Å². The minimum atomic E-state index is -1.50. The van der Waals surface area contributed by atoms with Crippen LogP contribution in [0.5, 0.6) is 5.75 Å². The second-order valence-corrected chi connectivity index (χ2v) is 10.5. The summed E-state index contributed by atoms with van der Waals surface area (Å²) in [5.41, 5.74) is 2.12. The summed E-state index contributed by atoms with van der Waals surface area (Å²) in [6.45, 7) is 5.05. The first-order valence-corrected chi connectivity index (χ1v) is 9.93. The van der Waals surface area contributed by atoms with Gasteiger partial charge in [0, 0.05) is 0 Å². The van der Waals surface area contributed by atoms with Gasteiger partial charge in [-0.05, 0) is 0 Å². The van der Waals surface area contributed by atoms with Crippen molar-refractivity contribution in [2.75, 3.05) is 6.61 Å². The molecule has 0 saturated carbocycles. The Morgan fingerprint density at radius 1 is 1.38 bits per heavy atom. The summed E-state index contributed by atoms with van der Waals surface area (Å²) in [5.74, 6) is 0.964. The Kier molecular flexibility index (Phi) is 3.69. The van der Waals surface area contributed by atoms with Gasteiger partial charge in [-0.1, -0.05) is 0 Å². The van der Waals surface area contributed by atoms with Crippen LogP contribution < -0.4 is 4.74 Å². The summed E-state index contributed by atoms with van der Waals surface area (Å²) in [7, 11) is 0. The fraction of sp³-hybridized carbons (Fsp3) is 0.462. The van der Waals surface area contributed by atoms with Crippen LogP contribution >= 0.6 is 0 Å². The van der Waals surface area contributed by atoms with E-state index in [1.54, 1.807) is 0 Å². The molecule has 1 radical (unpaired) electrons. The first-order valence-electron chi connectivity index (χ1n) is 5.91. The van der Waals surface area contributed by atoms with Crippen molar-refractivity contribution in [3.8, 4) is 5.75 Å². The van der Waals surface area contributed by atoms with E-state index in [1.807, 2.05) is 18.2 Å². The molecular weight excluding hydrogens is 261 g/mol. The fourth-order valence-corrected chi connectivity index (χ4v) is 5.68. The quantitative estimate of drug-likeness (QED) is 0.791. The molecule has 1 aliphatic rings. The number of carbonyl (C=O) groups is 1. The van der Waals surface area contributed by atoms with Crippen molar-refractivity contribution in [2.45, 2.75) is 30.8 Å². The molecule has 0 atom stereocenters. The summed E-state index contributed by atoms with van der Waals surface area (Å²) in [5, 5.41) is 2.17. The average Bonchev–Trinajstić information content (AvgIpc) is 2.77. The van der Waals surface area contributed by atoms with Gasteiger partial charge in [0.25, 0.3) is 0 Å². The summed E-state index contributed by atoms with van der Waals surface area (Å²) in [6, 6.07) is 5.94. The van der Waals surface area contributed by atoms with E-state index < -0.39 is 14.3 Å². The third-order valence-corrected chi connectivity index (χ3v) is 8.66. The normalized spacial score (nSPS) is 13.7. The monoisotopic (exact) mass is 279 g/mol. The number of carbonyl (C=O) groups excluding carboxylic acids is 1. The van der Waals surface area contributed by atoms with Crippen molar-refractivity contribution in [2.24, 2.45) is 0 Å². The van der Waals surface area contributed by atoms with Gasteiger partial charge in [-0.25, -0.2) is 0 Å². The molecule has 16 heavy (non-hydrogen) atoms. The minimum absolute atomic E-state index is 0.444. The van der Waals surface area contributed by atoms with Crippen LogP contribution in [0.3, 0.4) is 0 Å². The molecule has 0 fully saturated rings. The molecule has 0 aromatic heterocycles. The van der Waals surface area contributed by atoms with E-state index in [1.165, 1.54) is 5.56 Å². The summed E-state index contributed by atoms with van der Waals surface area (Å²) < 4.78 is 5.89. The van der Waals surface area contributed by atoms with E-state index in [0.717, 1.165) is 34.8 Å². The van der Waals surface area contributed by atoms with Crippen LogP contribution in [0.25, 0.3) is 0 Å². The first kappa shape index (κ1) is 11.7. The van der Waals surface area contributed by atoms with E-state index in [-0.39, 0.29) is 0 Å². The van der Waals surface area contributed by atoms with Gasteiger partial charge < -0.3 is 0 Å². The number of ether oxygens (including phenoxy) is 1. The van der Waals surface area contributed by atoms with Crippen molar-refractivity contribution in [1.29, 1.82) is 0 Å². The van der Waals surface area contributed by atoms with Gasteiger partial charge in [-0.3, -0.25) is 0 Å². The zero-order valence-corrected chi connectivity index (χ0v) is 12.0. The van der Waals surface area contributed by atoms with E-state index in [2.05, 4.69) is 13.8 Å². The van der Waals surface area contributed by atoms with Gasteiger partial charge in [0.05, 0.1) is 0 Å². The number of hydrogen-bond donors (Lipinski definition) is 0. The van der Waals surface area contributed by atoms with Crippen LogP contribution in [0.1, 0.15) is 29.8 Å². The molecule has 1 heterocycles. The molecule has 0 amide bonds. The van der Waals surface area contributed by atoms with Gasteiger partial charge in [0.15, 0.2) is 0 Å². The predicted molar refractivity (Wildman–Crippen MR) is 66.7 cm³/mol. The van der Waals surface area contributed by atoms with Gasteiger partial charge in [0.1, 0.15) is 0 Å². The zero-order chi connectivity index (χ0) is 11.5. The molecule has 0 unspecified atom stereocenters. The van der Waals surface area contributed by atoms with Crippen LogP contribution in [0, 0.1) is 0 Å². The molecule has 0 bridgehead atoms. The van der Waals surface area contributed by atoms with Gasteiger partial charge in [-0.15, -0.1) is 0 Å². The van der Waals surface area contributed by atoms with Crippen LogP contribution in [0.15, 0.2) is 18.2 Å². The van der Waals surface area contributed by atoms with Crippen molar-refractivity contribution in [1.82, 2.24) is 0 Å². The van der Waals surface area contributed by atoms with Crippen molar-refractivity contribution in [3.05, 3.63) is 29.3 Å². The molecule has 2 rings (SSSR count). The fourth-order valence-electron chi connectivity index (χ4n) is 2.10. The zero-order valence-electron chi connectivity index (χ0n) is 9.88. The Hall–Kier alpha value is -0.767. The standard InChI is InChI=1S/C13H17GeO2/c1-3-14(4-2)13(15)11-5-6-12-10(9-11)7-8-16-12/h5-6,9H,3-4,7-8H2,1-2H3. The number of benzene rings is 1. The maximum absolute atomic E-state index is 12.2. The molecule has 0 spiro atoms. The Morgan fingerprint density at radius 2 is 2.12 bits per heavy atom. The number of hydrogen-bond acceptors (Lipinski definition) is 2. The molecular formula is C13H17GeO2. The third kappa shape index (κ3) is 2.17. The van der Waals surface area contributed by atoms with Crippen molar-refractivity contribution in [3.63, 3.8) is 0 Å². The molecule has 85 valence electrons. The van der Waals surface area contributed by atoms with E-state index in [0.29, 0.717) is 4.62 Å². The molecule has 2 nitrogen and oxygen atoms in total. The van der Waals surface area contributed by atoms with E-state index in [9.17, 15) is 4.79 Å². The third-order valence-electron chi connectivity index (χ3n) is 3.13. The van der Waals surface area contributed by atoms with Gasteiger partial charge >= 0.3 is 101 Å². The molecule has 1 aromatic carbocycles. The Labute approximate surface area is 101 Å². The van der Waals surface area contributed by atoms with Crippen molar-refractivity contribution >= 4 is 19.0 Å². The Morgan fingerprint density at radius 3 is 2.81 bits per heavy atom. The molecule has 1 aromatic rings. The van der Waals surface area contributed by atoms with Gasteiger partial charge in [0.2, 0.25) is 0 Å². The SMILES string of the molecule is C[CH2][Ge]([CH2]C)[C](=O)c1ccc2c(c1)CCO2. The number of rotatable bonds is 4. The summed E-state index contributed by atoms with van der Waals surface area (Å²) >= 11 is -1.50. The second kappa shape index (κ2) is 5.04. The van der Waals surface area contributed by atoms with E-state index in [4.69, 9.17) is 4.74 Å². The molecule has 3 heteroatoms. The Bertz CT molecular complexity index is 397. The molecule has 1 aliphatic heterocycles. The van der Waals surface area contributed by atoms with Crippen LogP contribution in [0.2, 0.25) is 10.5 Å². The molecule has 0 saturated heterocycles. The van der Waals surface area contributed by atoms with Crippen LogP contribution in [-0.2, 0) is 6.42 Å². The first-order chi connectivity index (χ1) is 7.76. The number of fused-ring (bicyclic) bond motifs is 1. The summed E-state index contributed by atoms with van der Waals surface area (Å²) in [6.07, 6.45) is 0.948. The van der Waals surface area contributed by atoms with Crippen LogP contribution in [-0.4, -0.2) is 25.6 Å². The predicted octanol–water partition coefficient (Wildman–Crippen LogP) is 2.88. The maximum atomic E-state index is 12.2. The Balaban J connectivity index is 2.24. The van der Waals surface area contributed by atoms with Crippen LogP contribution in [0.4, 0.5) is 0 Å². The summed E-state index contributed by atoms with van der Waals surface area (Å²) in [4.78, 5) is 12.2.